The first-order valence-corrected chi connectivity index (χ1v) is 7.79. The minimum absolute atomic E-state index is 0.0228. The van der Waals surface area contributed by atoms with E-state index in [0.717, 1.165) is 5.56 Å². The lowest BCUT2D eigenvalue weighted by atomic mass is 10.1. The van der Waals surface area contributed by atoms with E-state index in [0.29, 0.717) is 12.2 Å². The van der Waals surface area contributed by atoms with Gasteiger partial charge >= 0.3 is 0 Å². The van der Waals surface area contributed by atoms with Crippen LogP contribution in [0.15, 0.2) is 102 Å². The van der Waals surface area contributed by atoms with Crippen LogP contribution in [-0.2, 0) is 4.79 Å². The molecular weight excluding hydrogens is 314 g/mol. The van der Waals surface area contributed by atoms with E-state index in [4.69, 9.17) is 4.84 Å². The van der Waals surface area contributed by atoms with Gasteiger partial charge in [-0.3, -0.25) is 4.79 Å². The summed E-state index contributed by atoms with van der Waals surface area (Å²) in [5.41, 5.74) is 3.25. The van der Waals surface area contributed by atoms with E-state index in [-0.39, 0.29) is 5.78 Å². The zero-order chi connectivity index (χ0) is 17.6. The highest BCUT2D eigenvalue weighted by Crippen LogP contribution is 2.18. The van der Waals surface area contributed by atoms with Gasteiger partial charge in [0.1, 0.15) is 0 Å². The molecule has 0 fully saturated rings. The molecule has 25 heavy (non-hydrogen) atoms. The second-order valence-electron chi connectivity index (χ2n) is 4.87. The number of nitrogens with one attached hydrogen (secondary N) is 1. The molecule has 0 spiro atoms. The van der Waals surface area contributed by atoms with Gasteiger partial charge in [-0.25, -0.2) is 0 Å². The molecule has 0 aliphatic carbocycles. The fourth-order valence-electron chi connectivity index (χ4n) is 1.84. The molecule has 0 bridgehead atoms. The molecule has 1 aliphatic heterocycles. The first-order chi connectivity index (χ1) is 12.4. The molecule has 0 unspecified atom stereocenters. The topological polar surface area (TPSA) is 63.0 Å². The number of fused-ring (bicyclic) bond motifs is 1. The summed E-state index contributed by atoms with van der Waals surface area (Å²) < 4.78 is 0. The van der Waals surface area contributed by atoms with Crippen LogP contribution in [0, 0.1) is 0 Å². The average Bonchev–Trinajstić information content (AvgIpc) is 2.62. The van der Waals surface area contributed by atoms with Crippen molar-refractivity contribution in [3.05, 3.63) is 96.8 Å². The molecule has 5 heteroatoms. The van der Waals surface area contributed by atoms with E-state index in [9.17, 15) is 4.79 Å². The van der Waals surface area contributed by atoms with Crippen molar-refractivity contribution in [3.63, 3.8) is 0 Å². The molecule has 0 atom stereocenters. The first kappa shape index (κ1) is 17.9. The Morgan fingerprint density at radius 1 is 0.880 bits per heavy atom. The highest BCUT2D eigenvalue weighted by Gasteiger charge is 1.99. The van der Waals surface area contributed by atoms with Crippen LogP contribution in [-0.4, -0.2) is 5.78 Å². The van der Waals surface area contributed by atoms with Crippen LogP contribution in [0.25, 0.3) is 6.08 Å². The Hall–Kier alpha value is -3.47. The van der Waals surface area contributed by atoms with Gasteiger partial charge in [-0.15, -0.1) is 10.7 Å². The molecule has 1 heterocycles. The molecule has 0 amide bonds. The predicted molar refractivity (Wildman–Crippen MR) is 99.4 cm³/mol. The van der Waals surface area contributed by atoms with Gasteiger partial charge in [-0.05, 0) is 23.4 Å². The van der Waals surface area contributed by atoms with E-state index in [1.807, 2.05) is 60.7 Å². The number of rotatable bonds is 0. The molecule has 0 saturated heterocycles. The van der Waals surface area contributed by atoms with Gasteiger partial charge in [0.05, 0.1) is 6.20 Å². The summed E-state index contributed by atoms with van der Waals surface area (Å²) in [6.45, 7) is 0. The van der Waals surface area contributed by atoms with Crippen LogP contribution < -0.4 is 10.4 Å². The highest BCUT2D eigenvalue weighted by atomic mass is 16.7. The smallest absolute Gasteiger partial charge is 0.164 e. The minimum Gasteiger partial charge on any atom is -0.363 e. The van der Waals surface area contributed by atoms with Gasteiger partial charge in [0, 0.05) is 12.0 Å². The highest BCUT2D eigenvalue weighted by molar-refractivity contribution is 5.91. The summed E-state index contributed by atoms with van der Waals surface area (Å²) in [7, 11) is 0. The molecule has 0 radical (unpaired) electrons. The van der Waals surface area contributed by atoms with Gasteiger partial charge in [-0.1, -0.05) is 72.9 Å². The molecule has 0 aromatic heterocycles. The van der Waals surface area contributed by atoms with Crippen molar-refractivity contribution >= 4 is 11.9 Å². The summed E-state index contributed by atoms with van der Waals surface area (Å²) >= 11 is 0. The second kappa shape index (κ2) is 11.1. The third kappa shape index (κ3) is 7.56. The number of ketones is 1. The fraction of sp³-hybridized carbons (Fsp3) is 0.0500. The third-order valence-electron chi connectivity index (χ3n) is 3.00. The monoisotopic (exact) mass is 333 g/mol. The number of nitrogens with zero attached hydrogens (tertiary/aromatic N) is 2. The standard InChI is InChI=1S/C20H19N3O2/c24-19-14-7-5-3-1-2-4-6-10-17-21-22-23-25-20-16-9-8-12-18(20)13-11-15-19/h1-14,16-17H,15H2,(H,21,23). The van der Waals surface area contributed by atoms with Crippen molar-refractivity contribution in [3.8, 4) is 5.75 Å². The lowest BCUT2D eigenvalue weighted by Crippen LogP contribution is -2.10. The molecule has 1 aromatic carbocycles. The van der Waals surface area contributed by atoms with Gasteiger partial charge in [0.2, 0.25) is 0 Å². The third-order valence-corrected chi connectivity index (χ3v) is 3.00. The predicted octanol–water partition coefficient (Wildman–Crippen LogP) is 4.66. The lowest BCUT2D eigenvalue weighted by molar-refractivity contribution is -0.113. The van der Waals surface area contributed by atoms with Crippen LogP contribution >= 0.6 is 0 Å². The summed E-state index contributed by atoms with van der Waals surface area (Å²) in [4.78, 5) is 17.2. The molecule has 2 rings (SSSR count). The van der Waals surface area contributed by atoms with Crippen molar-refractivity contribution in [1.29, 1.82) is 0 Å². The van der Waals surface area contributed by atoms with Gasteiger partial charge in [0.25, 0.3) is 0 Å². The summed E-state index contributed by atoms with van der Waals surface area (Å²) in [5, 5.41) is 7.48. The van der Waals surface area contributed by atoms with Gasteiger partial charge in [0.15, 0.2) is 11.5 Å². The molecule has 1 aromatic rings. The zero-order valence-electron chi connectivity index (χ0n) is 13.7. The van der Waals surface area contributed by atoms with Crippen molar-refractivity contribution < 1.29 is 9.63 Å². The summed E-state index contributed by atoms with van der Waals surface area (Å²) in [6, 6.07) is 7.42. The van der Waals surface area contributed by atoms with Crippen molar-refractivity contribution in [2.75, 3.05) is 0 Å². The van der Waals surface area contributed by atoms with E-state index in [2.05, 4.69) is 15.9 Å². The maximum absolute atomic E-state index is 11.8. The van der Waals surface area contributed by atoms with Crippen LogP contribution in [0.2, 0.25) is 0 Å². The van der Waals surface area contributed by atoms with Crippen LogP contribution in [0.4, 0.5) is 0 Å². The van der Waals surface area contributed by atoms with Gasteiger partial charge < -0.3 is 4.84 Å². The summed E-state index contributed by atoms with van der Waals surface area (Å²) in [5.74, 6) is 0.613. The Bertz CT molecular complexity index is 769. The largest absolute Gasteiger partial charge is 0.363 e. The molecule has 0 saturated carbocycles. The van der Waals surface area contributed by atoms with Crippen molar-refractivity contribution in [2.45, 2.75) is 6.42 Å². The number of para-hydroxylation sites is 1. The number of carbonyl (C=O) groups excluding carboxylic acids is 1. The molecular formula is C20H19N3O2. The van der Waals surface area contributed by atoms with E-state index in [1.54, 1.807) is 30.4 Å². The van der Waals surface area contributed by atoms with Gasteiger partial charge in [-0.2, -0.15) is 0 Å². The number of hydrogen-bond acceptors (Lipinski definition) is 5. The molecule has 1 N–H and O–H groups in total. The van der Waals surface area contributed by atoms with Crippen molar-refractivity contribution in [1.82, 2.24) is 5.59 Å². The normalized spacial score (nSPS) is 15.4. The lowest BCUT2D eigenvalue weighted by Gasteiger charge is -2.05. The number of carbonyl (C=O) groups is 1. The summed E-state index contributed by atoms with van der Waals surface area (Å²) in [6.07, 6.45) is 21.6. The Labute approximate surface area is 147 Å². The minimum atomic E-state index is 0.0228. The zero-order valence-corrected chi connectivity index (χ0v) is 13.7. The number of benzene rings is 1. The molecule has 126 valence electrons. The van der Waals surface area contributed by atoms with Crippen molar-refractivity contribution in [2.24, 2.45) is 10.3 Å². The Kier molecular flexibility index (Phi) is 7.96. The number of allylic oxidation sites excluding steroid dienone is 10. The Morgan fingerprint density at radius 2 is 1.60 bits per heavy atom. The van der Waals surface area contributed by atoms with Crippen LogP contribution in [0.1, 0.15) is 12.0 Å². The van der Waals surface area contributed by atoms with E-state index >= 15 is 0 Å². The average molecular weight is 333 g/mol. The quantitative estimate of drug-likeness (QED) is 0.751. The van der Waals surface area contributed by atoms with Crippen LogP contribution in [0.5, 0.6) is 5.75 Å². The maximum atomic E-state index is 11.8. The Balaban J connectivity index is 2.13. The molecule has 5 nitrogen and oxygen atoms in total. The molecule has 1 aliphatic rings. The second-order valence-corrected chi connectivity index (χ2v) is 4.87. The van der Waals surface area contributed by atoms with E-state index in [1.165, 1.54) is 6.20 Å². The van der Waals surface area contributed by atoms with Crippen LogP contribution in [0.3, 0.4) is 0 Å². The Morgan fingerprint density at radius 3 is 2.44 bits per heavy atom. The van der Waals surface area contributed by atoms with E-state index < -0.39 is 0 Å². The maximum Gasteiger partial charge on any atom is 0.164 e. The first-order valence-electron chi connectivity index (χ1n) is 7.79. The SMILES string of the molecule is O=C1C=CC=CC=CC=CC=CN=NNOc2ccccc2C=CC1. The fourth-order valence-corrected chi connectivity index (χ4v) is 1.84. The number of hydrogen-bond donors (Lipinski definition) is 1.